The van der Waals surface area contributed by atoms with Crippen molar-refractivity contribution in [3.63, 3.8) is 0 Å². The Morgan fingerprint density at radius 1 is 1.05 bits per heavy atom. The zero-order chi connectivity index (χ0) is 27.6. The lowest BCUT2D eigenvalue weighted by Gasteiger charge is -2.40. The number of fused-ring (bicyclic) bond motifs is 3. The molecule has 0 aromatic heterocycles. The van der Waals surface area contributed by atoms with E-state index in [1.165, 1.54) is 0 Å². The normalized spacial score (nSPS) is 23.3. The highest BCUT2D eigenvalue weighted by Crippen LogP contribution is 2.58. The van der Waals surface area contributed by atoms with Gasteiger partial charge in [-0.3, -0.25) is 0 Å². The Labute approximate surface area is 230 Å². The first-order valence-electron chi connectivity index (χ1n) is 13.6. The van der Waals surface area contributed by atoms with E-state index in [4.69, 9.17) is 18.9 Å². The number of esters is 1. The molecule has 7 nitrogen and oxygen atoms in total. The molecule has 0 saturated carbocycles. The van der Waals surface area contributed by atoms with Gasteiger partial charge in [0, 0.05) is 17.7 Å². The van der Waals surface area contributed by atoms with Crippen molar-refractivity contribution < 1.29 is 28.8 Å². The highest BCUT2D eigenvalue weighted by molar-refractivity contribution is 5.89. The number of benzene rings is 3. The number of hydrogen-bond acceptors (Lipinski definition) is 7. The van der Waals surface area contributed by atoms with Crippen LogP contribution in [0.25, 0.3) is 0 Å². The predicted molar refractivity (Wildman–Crippen MR) is 149 cm³/mol. The van der Waals surface area contributed by atoms with Gasteiger partial charge in [-0.1, -0.05) is 55.8 Å². The molecule has 2 aliphatic rings. The molecule has 0 unspecified atom stereocenters. The van der Waals surface area contributed by atoms with Crippen molar-refractivity contribution in [3.05, 3.63) is 89.0 Å². The van der Waals surface area contributed by atoms with Crippen molar-refractivity contribution in [3.8, 4) is 11.5 Å². The second-order valence-electron chi connectivity index (χ2n) is 10.4. The molecule has 3 aromatic rings. The van der Waals surface area contributed by atoms with Crippen LogP contribution in [-0.2, 0) is 28.0 Å². The minimum Gasteiger partial charge on any atom is -0.496 e. The smallest absolute Gasteiger partial charge is 0.338 e. The topological polar surface area (TPSA) is 77.5 Å². The second kappa shape index (κ2) is 10.9. The molecule has 1 saturated heterocycles. The van der Waals surface area contributed by atoms with Crippen LogP contribution in [0.2, 0.25) is 0 Å². The number of para-hydroxylation sites is 1. The van der Waals surface area contributed by atoms with Gasteiger partial charge in [0.15, 0.2) is 5.72 Å². The summed E-state index contributed by atoms with van der Waals surface area (Å²) in [5, 5.41) is 12.2. The summed E-state index contributed by atoms with van der Waals surface area (Å²) in [4.78, 5) is 14.7. The molecule has 0 radical (unpaired) electrons. The Hall–Kier alpha value is -3.55. The van der Waals surface area contributed by atoms with Crippen molar-refractivity contribution >= 4 is 11.7 Å². The largest absolute Gasteiger partial charge is 0.496 e. The Bertz CT molecular complexity index is 1330. The lowest BCUT2D eigenvalue weighted by Crippen LogP contribution is -2.53. The molecule has 5 rings (SSSR count). The Morgan fingerprint density at radius 2 is 1.79 bits per heavy atom. The van der Waals surface area contributed by atoms with E-state index < -0.39 is 23.4 Å². The maximum atomic E-state index is 12.6. The summed E-state index contributed by atoms with van der Waals surface area (Å²) in [6.45, 7) is 4.52. The molecule has 2 aliphatic heterocycles. The van der Waals surface area contributed by atoms with Crippen LogP contribution in [0.3, 0.4) is 0 Å². The number of aryl methyl sites for hydroxylation is 1. The van der Waals surface area contributed by atoms with E-state index >= 15 is 0 Å². The van der Waals surface area contributed by atoms with E-state index in [2.05, 4.69) is 17.9 Å². The van der Waals surface area contributed by atoms with Gasteiger partial charge >= 0.3 is 5.97 Å². The minimum absolute atomic E-state index is 0.0424. The zero-order valence-electron chi connectivity index (χ0n) is 23.1. The van der Waals surface area contributed by atoms with Gasteiger partial charge in [0.2, 0.25) is 0 Å². The average Bonchev–Trinajstić information content (AvgIpc) is 3.32. The van der Waals surface area contributed by atoms with Crippen LogP contribution in [0.4, 0.5) is 5.69 Å². The summed E-state index contributed by atoms with van der Waals surface area (Å²) in [6, 6.07) is 20.8. The first-order valence-corrected chi connectivity index (χ1v) is 13.6. The second-order valence-corrected chi connectivity index (χ2v) is 10.4. The molecule has 206 valence electrons. The highest BCUT2D eigenvalue weighted by Gasteiger charge is 2.65. The van der Waals surface area contributed by atoms with Crippen LogP contribution in [0.15, 0.2) is 66.7 Å². The van der Waals surface area contributed by atoms with Crippen LogP contribution in [0.1, 0.15) is 60.2 Å². The third kappa shape index (κ3) is 4.64. The standard InChI is InChI=1S/C32H37NO6/c1-5-6-12-22-17-18-28(36-3)25(29(22)37-4)20-33-27-16-11-10-15-26(27)32(35)19-24(39-31(32,33)2)21-38-30(34)23-13-8-7-9-14-23/h7-11,13-18,24,35H,5-6,12,19-21H2,1-4H3/t24-,31-,32+/m0/s1. The number of nitrogens with zero attached hydrogens (tertiary/aromatic N) is 1. The molecular weight excluding hydrogens is 494 g/mol. The monoisotopic (exact) mass is 531 g/mol. The maximum Gasteiger partial charge on any atom is 0.338 e. The molecular formula is C32H37NO6. The van der Waals surface area contributed by atoms with Crippen molar-refractivity contribution in [1.29, 1.82) is 0 Å². The van der Waals surface area contributed by atoms with Crippen LogP contribution in [0.5, 0.6) is 11.5 Å². The maximum absolute atomic E-state index is 12.6. The van der Waals surface area contributed by atoms with Gasteiger partial charge in [0.1, 0.15) is 23.7 Å². The van der Waals surface area contributed by atoms with Gasteiger partial charge in [-0.15, -0.1) is 0 Å². The number of aliphatic hydroxyl groups is 1. The molecule has 0 spiro atoms. The molecule has 39 heavy (non-hydrogen) atoms. The fraction of sp³-hybridized carbons (Fsp3) is 0.406. The lowest BCUT2D eigenvalue weighted by molar-refractivity contribution is -0.122. The van der Waals surface area contributed by atoms with Gasteiger partial charge in [0.05, 0.1) is 38.0 Å². The van der Waals surface area contributed by atoms with Crippen LogP contribution in [0, 0.1) is 0 Å². The van der Waals surface area contributed by atoms with E-state index in [0.29, 0.717) is 18.5 Å². The first kappa shape index (κ1) is 27.0. The molecule has 7 heteroatoms. The summed E-state index contributed by atoms with van der Waals surface area (Å²) in [6.07, 6.45) is 2.85. The number of ether oxygens (including phenoxy) is 4. The average molecular weight is 532 g/mol. The summed E-state index contributed by atoms with van der Waals surface area (Å²) in [7, 11) is 3.34. The summed E-state index contributed by atoms with van der Waals surface area (Å²) < 4.78 is 23.9. The van der Waals surface area contributed by atoms with E-state index in [1.807, 2.05) is 43.3 Å². The SMILES string of the molecule is CCCCc1ccc(OC)c(CN2c3ccccc3[C@]3(O)C[C@@H](COC(=O)c4ccccc4)O[C@]23C)c1OC. The third-order valence-electron chi connectivity index (χ3n) is 8.09. The summed E-state index contributed by atoms with van der Waals surface area (Å²) in [5.41, 5.74) is 1.80. The number of unbranched alkanes of at least 4 members (excludes halogenated alkanes) is 1. The first-order chi connectivity index (χ1) is 18.9. The number of rotatable bonds is 10. The molecule has 0 aliphatic carbocycles. The molecule has 0 amide bonds. The molecule has 3 atom stereocenters. The van der Waals surface area contributed by atoms with Crippen molar-refractivity contribution in [2.45, 2.75) is 63.5 Å². The predicted octanol–water partition coefficient (Wildman–Crippen LogP) is 5.62. The van der Waals surface area contributed by atoms with Gasteiger partial charge in [-0.2, -0.15) is 0 Å². The van der Waals surface area contributed by atoms with Crippen LogP contribution >= 0.6 is 0 Å². The van der Waals surface area contributed by atoms with Gasteiger partial charge < -0.3 is 29.0 Å². The van der Waals surface area contributed by atoms with Gasteiger partial charge in [-0.25, -0.2) is 4.79 Å². The van der Waals surface area contributed by atoms with Crippen molar-refractivity contribution in [2.24, 2.45) is 0 Å². The quantitative estimate of drug-likeness (QED) is 0.341. The highest BCUT2D eigenvalue weighted by atomic mass is 16.6. The minimum atomic E-state index is -1.30. The molecule has 2 heterocycles. The fourth-order valence-corrected chi connectivity index (χ4v) is 6.05. The van der Waals surface area contributed by atoms with Gasteiger partial charge in [0.25, 0.3) is 0 Å². The van der Waals surface area contributed by atoms with E-state index in [9.17, 15) is 9.90 Å². The summed E-state index contributed by atoms with van der Waals surface area (Å²) in [5.74, 6) is 1.10. The fourth-order valence-electron chi connectivity index (χ4n) is 6.05. The Morgan fingerprint density at radius 3 is 2.51 bits per heavy atom. The number of carbonyl (C=O) groups is 1. The molecule has 3 aromatic carbocycles. The van der Waals surface area contributed by atoms with Crippen molar-refractivity contribution in [1.82, 2.24) is 0 Å². The number of methoxy groups -OCH3 is 2. The van der Waals surface area contributed by atoms with Crippen LogP contribution in [-0.4, -0.2) is 43.7 Å². The number of hydrogen-bond donors (Lipinski definition) is 1. The van der Waals surface area contributed by atoms with E-state index in [1.54, 1.807) is 38.5 Å². The van der Waals surface area contributed by atoms with Crippen LogP contribution < -0.4 is 14.4 Å². The number of carbonyl (C=O) groups excluding carboxylic acids is 1. The molecule has 1 N–H and O–H groups in total. The lowest BCUT2D eigenvalue weighted by atomic mass is 9.85. The Balaban J connectivity index is 1.47. The molecule has 0 bridgehead atoms. The Kier molecular flexibility index (Phi) is 7.56. The van der Waals surface area contributed by atoms with Gasteiger partial charge in [-0.05, 0) is 49.6 Å². The van der Waals surface area contributed by atoms with Crippen molar-refractivity contribution in [2.75, 3.05) is 25.7 Å². The molecule has 1 fully saturated rings. The zero-order valence-corrected chi connectivity index (χ0v) is 23.1. The third-order valence-corrected chi connectivity index (χ3v) is 8.09. The van der Waals surface area contributed by atoms with E-state index in [0.717, 1.165) is 53.1 Å². The number of anilines is 1. The summed E-state index contributed by atoms with van der Waals surface area (Å²) >= 11 is 0. The van der Waals surface area contributed by atoms with E-state index in [-0.39, 0.29) is 6.61 Å².